The smallest absolute Gasteiger partial charge is 0.320 e. The molecule has 3 heterocycles. The van der Waals surface area contributed by atoms with Gasteiger partial charge in [0.05, 0.1) is 0 Å². The van der Waals surface area contributed by atoms with Crippen molar-refractivity contribution in [2.75, 3.05) is 26.7 Å². The van der Waals surface area contributed by atoms with Crippen molar-refractivity contribution in [1.82, 2.24) is 9.80 Å². The Kier molecular flexibility index (Phi) is 2.98. The molecule has 15 heavy (non-hydrogen) atoms. The normalized spacial score (nSPS) is 36.9. The fraction of sp³-hybridized carbons (Fsp3) is 0.909. The van der Waals surface area contributed by atoms with E-state index in [4.69, 9.17) is 5.11 Å². The summed E-state index contributed by atoms with van der Waals surface area (Å²) in [4.78, 5) is 15.4. The van der Waals surface area contributed by atoms with Gasteiger partial charge >= 0.3 is 5.97 Å². The van der Waals surface area contributed by atoms with Crippen molar-refractivity contribution in [3.8, 4) is 0 Å². The monoisotopic (exact) mass is 212 g/mol. The second-order valence-corrected chi connectivity index (χ2v) is 4.89. The van der Waals surface area contributed by atoms with E-state index < -0.39 is 5.97 Å². The number of likely N-dealkylation sites (N-methyl/N-ethyl adjacent to an activating group) is 1. The van der Waals surface area contributed by atoms with E-state index in [1.807, 2.05) is 11.9 Å². The van der Waals surface area contributed by atoms with Crippen LogP contribution in [0, 0.1) is 5.92 Å². The molecule has 2 unspecified atom stereocenters. The van der Waals surface area contributed by atoms with Crippen LogP contribution >= 0.6 is 0 Å². The lowest BCUT2D eigenvalue weighted by Crippen LogP contribution is -2.59. The first-order valence-electron chi connectivity index (χ1n) is 5.76. The maximum absolute atomic E-state index is 10.9. The second-order valence-electron chi connectivity index (χ2n) is 4.89. The first-order chi connectivity index (χ1) is 7.09. The average molecular weight is 212 g/mol. The third kappa shape index (κ3) is 2.01. The highest BCUT2D eigenvalue weighted by Crippen LogP contribution is 2.31. The molecule has 3 aliphatic rings. The van der Waals surface area contributed by atoms with Crippen LogP contribution in [-0.4, -0.2) is 59.6 Å². The average Bonchev–Trinajstić information content (AvgIpc) is 2.28. The van der Waals surface area contributed by atoms with Gasteiger partial charge in [-0.1, -0.05) is 0 Å². The van der Waals surface area contributed by atoms with Gasteiger partial charge in [0.15, 0.2) is 0 Å². The lowest BCUT2D eigenvalue weighted by molar-refractivity contribution is -0.144. The van der Waals surface area contributed by atoms with Crippen molar-refractivity contribution in [2.24, 2.45) is 5.92 Å². The van der Waals surface area contributed by atoms with Crippen molar-refractivity contribution >= 4 is 5.97 Å². The third-order valence-corrected chi connectivity index (χ3v) is 4.11. The standard InChI is InChI=1S/C11H20N2O2/c1-8(11(14)15)12(2)10-7-13-5-3-9(10)4-6-13/h8-10H,3-7H2,1-2H3,(H,14,15). The van der Waals surface area contributed by atoms with E-state index in [1.54, 1.807) is 6.92 Å². The number of hydrogen-bond donors (Lipinski definition) is 1. The summed E-state index contributed by atoms with van der Waals surface area (Å²) in [5.41, 5.74) is 0. The van der Waals surface area contributed by atoms with Crippen molar-refractivity contribution in [2.45, 2.75) is 31.8 Å². The fourth-order valence-electron chi connectivity index (χ4n) is 2.86. The zero-order valence-corrected chi connectivity index (χ0v) is 9.52. The van der Waals surface area contributed by atoms with E-state index in [0.717, 1.165) is 6.54 Å². The van der Waals surface area contributed by atoms with Gasteiger partial charge < -0.3 is 10.0 Å². The number of aliphatic carboxylic acids is 1. The summed E-state index contributed by atoms with van der Waals surface area (Å²) in [6, 6.07) is 0.0779. The number of carboxylic acids is 1. The van der Waals surface area contributed by atoms with Gasteiger partial charge in [0.1, 0.15) is 6.04 Å². The Bertz CT molecular complexity index is 249. The zero-order chi connectivity index (χ0) is 11.0. The summed E-state index contributed by atoms with van der Waals surface area (Å²) in [6.45, 7) is 5.24. The summed E-state index contributed by atoms with van der Waals surface area (Å²) >= 11 is 0. The van der Waals surface area contributed by atoms with Crippen LogP contribution in [0.4, 0.5) is 0 Å². The van der Waals surface area contributed by atoms with Crippen LogP contribution in [0.2, 0.25) is 0 Å². The molecule has 3 fully saturated rings. The van der Waals surface area contributed by atoms with Crippen LogP contribution in [0.15, 0.2) is 0 Å². The highest BCUT2D eigenvalue weighted by molar-refractivity contribution is 5.72. The Balaban J connectivity index is 2.01. The van der Waals surface area contributed by atoms with Gasteiger partial charge in [0.25, 0.3) is 0 Å². The molecule has 0 aromatic heterocycles. The van der Waals surface area contributed by atoms with Gasteiger partial charge in [-0.3, -0.25) is 9.69 Å². The molecule has 0 aromatic carbocycles. The van der Waals surface area contributed by atoms with E-state index in [0.29, 0.717) is 12.0 Å². The lowest BCUT2D eigenvalue weighted by atomic mass is 9.83. The van der Waals surface area contributed by atoms with E-state index in [1.165, 1.54) is 25.9 Å². The molecule has 0 radical (unpaired) electrons. The predicted octanol–water partition coefficient (Wildman–Crippen LogP) is 0.485. The molecular formula is C11H20N2O2. The molecule has 4 nitrogen and oxygen atoms in total. The van der Waals surface area contributed by atoms with E-state index >= 15 is 0 Å². The first-order valence-corrected chi connectivity index (χ1v) is 5.76. The van der Waals surface area contributed by atoms with Crippen molar-refractivity contribution in [1.29, 1.82) is 0 Å². The minimum atomic E-state index is -0.714. The van der Waals surface area contributed by atoms with Gasteiger partial charge in [0, 0.05) is 12.6 Å². The number of fused-ring (bicyclic) bond motifs is 3. The lowest BCUT2D eigenvalue weighted by Gasteiger charge is -2.49. The molecule has 4 heteroatoms. The molecule has 0 amide bonds. The van der Waals surface area contributed by atoms with Crippen LogP contribution in [0.1, 0.15) is 19.8 Å². The topological polar surface area (TPSA) is 43.8 Å². The molecular weight excluding hydrogens is 192 g/mol. The quantitative estimate of drug-likeness (QED) is 0.739. The summed E-state index contributed by atoms with van der Waals surface area (Å²) < 4.78 is 0. The number of nitrogens with zero attached hydrogens (tertiary/aromatic N) is 2. The molecule has 3 aliphatic heterocycles. The van der Waals surface area contributed by atoms with Crippen molar-refractivity contribution < 1.29 is 9.90 Å². The first kappa shape index (κ1) is 10.9. The molecule has 1 N–H and O–H groups in total. The Hall–Kier alpha value is -0.610. The Morgan fingerprint density at radius 1 is 1.47 bits per heavy atom. The molecule has 2 bridgehead atoms. The van der Waals surface area contributed by atoms with E-state index in [9.17, 15) is 4.79 Å². The van der Waals surface area contributed by atoms with Gasteiger partial charge in [0.2, 0.25) is 0 Å². The summed E-state index contributed by atoms with van der Waals surface area (Å²) in [5, 5.41) is 9.00. The fourth-order valence-corrected chi connectivity index (χ4v) is 2.86. The third-order valence-electron chi connectivity index (χ3n) is 4.11. The minimum Gasteiger partial charge on any atom is -0.480 e. The summed E-state index contributed by atoms with van der Waals surface area (Å²) in [6.07, 6.45) is 2.47. The number of carboxylic acid groups (broad SMARTS) is 1. The summed E-state index contributed by atoms with van der Waals surface area (Å²) in [5.74, 6) is -0.00394. The number of carbonyl (C=O) groups is 1. The van der Waals surface area contributed by atoms with Crippen molar-refractivity contribution in [3.63, 3.8) is 0 Å². The summed E-state index contributed by atoms with van der Waals surface area (Å²) in [7, 11) is 1.95. The van der Waals surface area contributed by atoms with Crippen LogP contribution in [-0.2, 0) is 4.79 Å². The maximum atomic E-state index is 10.9. The Morgan fingerprint density at radius 3 is 2.47 bits per heavy atom. The SMILES string of the molecule is CC(C(=O)O)N(C)C1CN2CCC1CC2. The molecule has 0 saturated carbocycles. The molecule has 0 aliphatic carbocycles. The molecule has 3 saturated heterocycles. The Labute approximate surface area is 90.9 Å². The second kappa shape index (κ2) is 4.10. The van der Waals surface area contributed by atoms with E-state index in [-0.39, 0.29) is 6.04 Å². The Morgan fingerprint density at radius 2 is 2.07 bits per heavy atom. The van der Waals surface area contributed by atoms with Crippen molar-refractivity contribution in [3.05, 3.63) is 0 Å². The van der Waals surface area contributed by atoms with Crippen LogP contribution in [0.25, 0.3) is 0 Å². The van der Waals surface area contributed by atoms with Gasteiger partial charge in [-0.05, 0) is 45.8 Å². The predicted molar refractivity (Wildman–Crippen MR) is 57.8 cm³/mol. The molecule has 3 rings (SSSR count). The van der Waals surface area contributed by atoms with Crippen LogP contribution in [0.5, 0.6) is 0 Å². The highest BCUT2D eigenvalue weighted by atomic mass is 16.4. The maximum Gasteiger partial charge on any atom is 0.320 e. The largest absolute Gasteiger partial charge is 0.480 e. The molecule has 0 aromatic rings. The molecule has 2 atom stereocenters. The highest BCUT2D eigenvalue weighted by Gasteiger charge is 2.38. The van der Waals surface area contributed by atoms with Gasteiger partial charge in [-0.2, -0.15) is 0 Å². The number of rotatable bonds is 3. The molecule has 0 spiro atoms. The van der Waals surface area contributed by atoms with Gasteiger partial charge in [-0.15, -0.1) is 0 Å². The van der Waals surface area contributed by atoms with Crippen LogP contribution < -0.4 is 0 Å². The number of piperidine rings is 3. The van der Waals surface area contributed by atoms with Gasteiger partial charge in [-0.25, -0.2) is 0 Å². The van der Waals surface area contributed by atoms with E-state index in [2.05, 4.69) is 4.90 Å². The number of hydrogen-bond acceptors (Lipinski definition) is 3. The minimum absolute atomic E-state index is 0.365. The zero-order valence-electron chi connectivity index (χ0n) is 9.52. The molecule has 86 valence electrons. The van der Waals surface area contributed by atoms with Crippen LogP contribution in [0.3, 0.4) is 0 Å².